The van der Waals surface area contributed by atoms with Crippen LogP contribution in [0.4, 0.5) is 11.6 Å². The Hall–Kier alpha value is -2.48. The maximum Gasteiger partial charge on any atom is 0.232 e. The van der Waals surface area contributed by atoms with Gasteiger partial charge in [0.2, 0.25) is 10.7 Å². The van der Waals surface area contributed by atoms with Crippen molar-refractivity contribution in [2.24, 2.45) is 0 Å². The van der Waals surface area contributed by atoms with Crippen LogP contribution in [0.5, 0.6) is 0 Å². The molecule has 0 bridgehead atoms. The van der Waals surface area contributed by atoms with Gasteiger partial charge >= 0.3 is 0 Å². The van der Waals surface area contributed by atoms with Crippen LogP contribution in [0, 0.1) is 4.77 Å². The summed E-state index contributed by atoms with van der Waals surface area (Å²) in [4.78, 5) is 1.43. The molecule has 1 aliphatic rings. The van der Waals surface area contributed by atoms with Crippen LogP contribution in [0.25, 0.3) is 5.69 Å². The Morgan fingerprint density at radius 2 is 1.65 bits per heavy atom. The normalized spacial score (nSPS) is 15.1. The van der Waals surface area contributed by atoms with Gasteiger partial charge in [0, 0.05) is 5.69 Å². The first kappa shape index (κ1) is 17.0. The van der Waals surface area contributed by atoms with Gasteiger partial charge in [0.05, 0.1) is 18.9 Å². The summed E-state index contributed by atoms with van der Waals surface area (Å²) in [6.07, 6.45) is 0. The summed E-state index contributed by atoms with van der Waals surface area (Å²) < 4.78 is 10.0. The van der Waals surface area contributed by atoms with Crippen LogP contribution in [0.15, 0.2) is 60.7 Å². The van der Waals surface area contributed by atoms with Crippen molar-refractivity contribution >= 4 is 23.9 Å². The molecule has 134 valence electrons. The first-order valence-electron chi connectivity index (χ1n) is 8.80. The van der Waals surface area contributed by atoms with Crippen molar-refractivity contribution in [2.45, 2.75) is 6.67 Å². The molecular weight excluding hydrogens is 346 g/mol. The molecule has 1 aliphatic heterocycles. The molecule has 2 heterocycles. The van der Waals surface area contributed by atoms with E-state index in [4.69, 9.17) is 22.1 Å². The quantitative estimate of drug-likeness (QED) is 0.677. The summed E-state index contributed by atoms with van der Waals surface area (Å²) in [6.45, 7) is 4.27. The van der Waals surface area contributed by atoms with Crippen LogP contribution >= 0.6 is 12.2 Å². The van der Waals surface area contributed by atoms with Crippen LogP contribution in [0.1, 0.15) is 0 Å². The summed E-state index contributed by atoms with van der Waals surface area (Å²) in [7, 11) is 0. The fraction of sp³-hybridized carbons (Fsp3) is 0.263. The number of nitrogens with one attached hydrogen (secondary N) is 2. The third kappa shape index (κ3) is 3.70. The summed E-state index contributed by atoms with van der Waals surface area (Å²) >= 11 is 5.76. The van der Waals surface area contributed by atoms with Gasteiger partial charge in [0.1, 0.15) is 13.1 Å². The molecule has 0 radical (unpaired) electrons. The number of para-hydroxylation sites is 2. The van der Waals surface area contributed by atoms with E-state index in [0.717, 1.165) is 50.3 Å². The molecule has 7 heteroatoms. The Morgan fingerprint density at radius 1 is 1.00 bits per heavy atom. The molecule has 0 unspecified atom stereocenters. The number of hydrogen-bond acceptors (Lipinski definition) is 4. The Labute approximate surface area is 157 Å². The predicted molar refractivity (Wildman–Crippen MR) is 104 cm³/mol. The molecule has 0 saturated carbocycles. The lowest BCUT2D eigenvalue weighted by Gasteiger charge is -2.23. The third-order valence-corrected chi connectivity index (χ3v) is 4.85. The Balaban J connectivity index is 1.71. The van der Waals surface area contributed by atoms with Gasteiger partial charge in [-0.3, -0.25) is 4.57 Å². The summed E-state index contributed by atoms with van der Waals surface area (Å²) in [5, 5.41) is 8.18. The van der Waals surface area contributed by atoms with E-state index in [9.17, 15) is 0 Å². The van der Waals surface area contributed by atoms with E-state index < -0.39 is 0 Å². The molecule has 0 atom stereocenters. The van der Waals surface area contributed by atoms with Crippen molar-refractivity contribution in [3.05, 3.63) is 65.4 Å². The average Bonchev–Trinajstić information content (AvgIpc) is 2.99. The lowest BCUT2D eigenvalue weighted by molar-refractivity contribution is -0.930. The maximum atomic E-state index is 5.76. The van der Waals surface area contributed by atoms with Gasteiger partial charge in [-0.2, -0.15) is 4.68 Å². The fourth-order valence-electron chi connectivity index (χ4n) is 3.08. The number of benzene rings is 2. The molecule has 4 rings (SSSR count). The molecule has 1 saturated heterocycles. The highest BCUT2D eigenvalue weighted by Crippen LogP contribution is 2.20. The van der Waals surface area contributed by atoms with E-state index in [1.807, 2.05) is 69.9 Å². The van der Waals surface area contributed by atoms with E-state index in [-0.39, 0.29) is 0 Å². The molecule has 3 aromatic rings. The first-order valence-corrected chi connectivity index (χ1v) is 9.21. The van der Waals surface area contributed by atoms with Crippen molar-refractivity contribution in [1.29, 1.82) is 0 Å². The van der Waals surface area contributed by atoms with E-state index in [1.54, 1.807) is 0 Å². The topological polar surface area (TPSA) is 48.5 Å². The number of nitrogens with zero attached hydrogens (tertiary/aromatic N) is 3. The predicted octanol–water partition coefficient (Wildman–Crippen LogP) is 2.02. The van der Waals surface area contributed by atoms with Crippen molar-refractivity contribution < 1.29 is 9.64 Å². The van der Waals surface area contributed by atoms with Gasteiger partial charge in [-0.05, 0) is 36.5 Å². The number of anilines is 2. The van der Waals surface area contributed by atoms with Gasteiger partial charge < -0.3 is 15.0 Å². The van der Waals surface area contributed by atoms with Gasteiger partial charge in [0.25, 0.3) is 0 Å². The molecule has 1 fully saturated rings. The van der Waals surface area contributed by atoms with Crippen molar-refractivity contribution in [1.82, 2.24) is 14.3 Å². The maximum absolute atomic E-state index is 5.76. The van der Waals surface area contributed by atoms with Crippen molar-refractivity contribution in [3.8, 4) is 5.69 Å². The van der Waals surface area contributed by atoms with E-state index in [1.165, 1.54) is 4.90 Å². The second-order valence-electron chi connectivity index (χ2n) is 6.29. The number of hydrogen-bond donors (Lipinski definition) is 2. The molecule has 6 nitrogen and oxygen atoms in total. The molecule has 0 amide bonds. The SMILES string of the molecule is S=c1n(C[NH+]2CCOCC2)nc(Nc2ccccc2)n1-c1ccccc1. The van der Waals surface area contributed by atoms with Gasteiger partial charge in [-0.25, -0.2) is 0 Å². The first-order chi connectivity index (χ1) is 12.8. The molecule has 0 spiro atoms. The largest absolute Gasteiger partial charge is 0.370 e. The summed E-state index contributed by atoms with van der Waals surface area (Å²) in [6, 6.07) is 20.1. The molecule has 2 N–H and O–H groups in total. The van der Waals surface area contributed by atoms with E-state index in [2.05, 4.69) is 5.32 Å². The average molecular weight is 368 g/mol. The third-order valence-electron chi connectivity index (χ3n) is 4.46. The lowest BCUT2D eigenvalue weighted by atomic mass is 10.3. The second kappa shape index (κ2) is 7.82. The monoisotopic (exact) mass is 368 g/mol. The highest BCUT2D eigenvalue weighted by atomic mass is 32.1. The Bertz CT molecular complexity index is 901. The number of rotatable bonds is 5. The van der Waals surface area contributed by atoms with E-state index in [0.29, 0.717) is 4.77 Å². The summed E-state index contributed by atoms with van der Waals surface area (Å²) in [5.41, 5.74) is 1.98. The minimum absolute atomic E-state index is 0.689. The Morgan fingerprint density at radius 3 is 2.35 bits per heavy atom. The lowest BCUT2D eigenvalue weighted by Crippen LogP contribution is -3.13. The fourth-order valence-corrected chi connectivity index (χ4v) is 3.38. The van der Waals surface area contributed by atoms with Crippen LogP contribution in [0.3, 0.4) is 0 Å². The number of ether oxygens (including phenoxy) is 1. The molecule has 26 heavy (non-hydrogen) atoms. The zero-order valence-corrected chi connectivity index (χ0v) is 15.3. The molecule has 2 aromatic carbocycles. The van der Waals surface area contributed by atoms with Crippen molar-refractivity contribution in [3.63, 3.8) is 0 Å². The van der Waals surface area contributed by atoms with Crippen LogP contribution in [-0.4, -0.2) is 40.7 Å². The number of quaternary nitrogens is 1. The second-order valence-corrected chi connectivity index (χ2v) is 6.65. The Kier molecular flexibility index (Phi) is 5.10. The smallest absolute Gasteiger partial charge is 0.232 e. The highest BCUT2D eigenvalue weighted by molar-refractivity contribution is 7.71. The van der Waals surface area contributed by atoms with Crippen LogP contribution in [-0.2, 0) is 11.4 Å². The molecule has 0 aliphatic carbocycles. The van der Waals surface area contributed by atoms with Gasteiger partial charge in [-0.1, -0.05) is 36.4 Å². The zero-order chi connectivity index (χ0) is 17.8. The molecule has 1 aromatic heterocycles. The van der Waals surface area contributed by atoms with E-state index >= 15 is 0 Å². The highest BCUT2D eigenvalue weighted by Gasteiger charge is 2.19. The zero-order valence-electron chi connectivity index (χ0n) is 14.5. The van der Waals surface area contributed by atoms with Crippen LogP contribution < -0.4 is 10.2 Å². The summed E-state index contributed by atoms with van der Waals surface area (Å²) in [5.74, 6) is 0.722. The minimum Gasteiger partial charge on any atom is -0.370 e. The van der Waals surface area contributed by atoms with Crippen LogP contribution in [0.2, 0.25) is 0 Å². The number of morpholine rings is 1. The van der Waals surface area contributed by atoms with Crippen molar-refractivity contribution in [2.75, 3.05) is 31.6 Å². The molecular formula is C19H22N5OS+. The standard InChI is InChI=1S/C19H21N5OS/c26-19-23(15-22-11-13-25-14-12-22)21-18(20-16-7-3-1-4-8-16)24(19)17-9-5-2-6-10-17/h1-10H,11-15H2,(H,20,21)/p+1. The number of aromatic nitrogens is 3. The van der Waals surface area contributed by atoms with Gasteiger partial charge in [0.15, 0.2) is 6.67 Å². The van der Waals surface area contributed by atoms with Gasteiger partial charge in [-0.15, -0.1) is 5.10 Å². The minimum atomic E-state index is 0.689.